The van der Waals surface area contributed by atoms with Crippen LogP contribution in [-0.4, -0.2) is 43.0 Å². The van der Waals surface area contributed by atoms with E-state index in [0.717, 1.165) is 32.5 Å². The van der Waals surface area contributed by atoms with Crippen LogP contribution in [0.5, 0.6) is 0 Å². The molecule has 0 atom stereocenters. The maximum absolute atomic E-state index is 10.9. The molecule has 1 rings (SSSR count). The lowest BCUT2D eigenvalue weighted by molar-refractivity contribution is -0.120. The molecule has 0 saturated carbocycles. The molecule has 0 aromatic rings. The van der Waals surface area contributed by atoms with Gasteiger partial charge in [0, 0.05) is 32.1 Å². The van der Waals surface area contributed by atoms with E-state index in [0.29, 0.717) is 6.42 Å². The summed E-state index contributed by atoms with van der Waals surface area (Å²) in [6, 6.07) is 0. The third kappa shape index (κ3) is 2.96. The normalized spacial score (nSPS) is 20.2. The number of hydrogen-bond donors (Lipinski definition) is 2. The molecule has 0 unspecified atom stereocenters. The number of amides is 1. The molecule has 4 heteroatoms. The Labute approximate surface area is 85.8 Å². The highest BCUT2D eigenvalue weighted by molar-refractivity contribution is 5.75. The van der Waals surface area contributed by atoms with E-state index in [1.807, 2.05) is 0 Å². The lowest BCUT2D eigenvalue weighted by Crippen LogP contribution is -2.66. The quantitative estimate of drug-likeness (QED) is 0.652. The molecule has 14 heavy (non-hydrogen) atoms. The van der Waals surface area contributed by atoms with Crippen molar-refractivity contribution in [2.24, 2.45) is 5.73 Å². The van der Waals surface area contributed by atoms with Gasteiger partial charge in [-0.2, -0.15) is 0 Å². The molecule has 0 bridgehead atoms. The Morgan fingerprint density at radius 2 is 2.21 bits per heavy atom. The summed E-state index contributed by atoms with van der Waals surface area (Å²) in [6.07, 6.45) is 2.59. The molecule has 0 aromatic carbocycles. The van der Waals surface area contributed by atoms with Crippen molar-refractivity contribution >= 4 is 5.91 Å². The van der Waals surface area contributed by atoms with Crippen LogP contribution in [0, 0.1) is 0 Å². The molecule has 0 spiro atoms. The number of nitrogens with zero attached hydrogens (tertiary/aromatic N) is 1. The fourth-order valence-corrected chi connectivity index (χ4v) is 1.81. The standard InChI is InChI=1S/C10H21N3O/c1-3-10(11)7-13(8-10)6-4-5-9(14)12-2/h3-8,11H2,1-2H3,(H,12,14). The molecule has 0 radical (unpaired) electrons. The van der Waals surface area contributed by atoms with Crippen molar-refractivity contribution in [1.82, 2.24) is 10.2 Å². The molecular formula is C10H21N3O. The largest absolute Gasteiger partial charge is 0.359 e. The van der Waals surface area contributed by atoms with E-state index in [9.17, 15) is 4.79 Å². The zero-order chi connectivity index (χ0) is 10.6. The molecule has 1 aliphatic rings. The minimum absolute atomic E-state index is 0.0486. The summed E-state index contributed by atoms with van der Waals surface area (Å²) in [5.74, 6) is 0.125. The van der Waals surface area contributed by atoms with Crippen molar-refractivity contribution in [3.63, 3.8) is 0 Å². The monoisotopic (exact) mass is 199 g/mol. The highest BCUT2D eigenvalue weighted by Gasteiger charge is 2.36. The first kappa shape index (κ1) is 11.5. The van der Waals surface area contributed by atoms with Crippen LogP contribution >= 0.6 is 0 Å². The third-order valence-corrected chi connectivity index (χ3v) is 2.94. The highest BCUT2D eigenvalue weighted by atomic mass is 16.1. The van der Waals surface area contributed by atoms with Crippen LogP contribution in [0.25, 0.3) is 0 Å². The van der Waals surface area contributed by atoms with Crippen LogP contribution in [0.1, 0.15) is 26.2 Å². The van der Waals surface area contributed by atoms with Gasteiger partial charge in [-0.25, -0.2) is 0 Å². The first-order valence-electron chi connectivity index (χ1n) is 5.31. The van der Waals surface area contributed by atoms with E-state index in [-0.39, 0.29) is 11.4 Å². The van der Waals surface area contributed by atoms with Crippen LogP contribution in [0.4, 0.5) is 0 Å². The molecule has 1 saturated heterocycles. The zero-order valence-electron chi connectivity index (χ0n) is 9.18. The SMILES string of the molecule is CCC1(N)CN(CCCC(=O)NC)C1. The summed E-state index contributed by atoms with van der Waals surface area (Å²) in [5.41, 5.74) is 6.08. The minimum Gasteiger partial charge on any atom is -0.359 e. The van der Waals surface area contributed by atoms with Crippen molar-refractivity contribution in [3.05, 3.63) is 0 Å². The smallest absolute Gasteiger partial charge is 0.219 e. The average Bonchev–Trinajstić information content (AvgIpc) is 2.14. The first-order valence-corrected chi connectivity index (χ1v) is 5.31. The highest BCUT2D eigenvalue weighted by Crippen LogP contribution is 2.21. The predicted molar refractivity (Wildman–Crippen MR) is 57.0 cm³/mol. The second-order valence-corrected chi connectivity index (χ2v) is 4.20. The molecule has 1 fully saturated rings. The number of rotatable bonds is 5. The van der Waals surface area contributed by atoms with Crippen LogP contribution in [0.2, 0.25) is 0 Å². The molecular weight excluding hydrogens is 178 g/mol. The maximum atomic E-state index is 10.9. The zero-order valence-corrected chi connectivity index (χ0v) is 9.18. The lowest BCUT2D eigenvalue weighted by atomic mass is 9.88. The Morgan fingerprint density at radius 1 is 1.57 bits per heavy atom. The van der Waals surface area contributed by atoms with Gasteiger partial charge in [0.05, 0.1) is 0 Å². The van der Waals surface area contributed by atoms with Crippen LogP contribution < -0.4 is 11.1 Å². The Morgan fingerprint density at radius 3 is 2.71 bits per heavy atom. The predicted octanol–water partition coefficient (Wildman–Crippen LogP) is -0.0643. The topological polar surface area (TPSA) is 58.4 Å². The van der Waals surface area contributed by atoms with Crippen molar-refractivity contribution in [1.29, 1.82) is 0 Å². The van der Waals surface area contributed by atoms with Gasteiger partial charge in [0.1, 0.15) is 0 Å². The summed E-state index contributed by atoms with van der Waals surface area (Å²) in [6.45, 7) is 5.09. The van der Waals surface area contributed by atoms with E-state index in [1.54, 1.807) is 7.05 Å². The summed E-state index contributed by atoms with van der Waals surface area (Å²) in [7, 11) is 1.67. The summed E-state index contributed by atoms with van der Waals surface area (Å²) < 4.78 is 0. The van der Waals surface area contributed by atoms with Crippen molar-refractivity contribution < 1.29 is 4.79 Å². The molecule has 0 aromatic heterocycles. The van der Waals surface area contributed by atoms with Crippen LogP contribution in [-0.2, 0) is 4.79 Å². The number of carbonyl (C=O) groups is 1. The maximum Gasteiger partial charge on any atom is 0.219 e. The second kappa shape index (κ2) is 4.75. The van der Waals surface area contributed by atoms with E-state index >= 15 is 0 Å². The van der Waals surface area contributed by atoms with Crippen molar-refractivity contribution in [2.45, 2.75) is 31.7 Å². The number of hydrogen-bond acceptors (Lipinski definition) is 3. The van der Waals surface area contributed by atoms with Gasteiger partial charge >= 0.3 is 0 Å². The van der Waals surface area contributed by atoms with Gasteiger partial charge in [-0.05, 0) is 19.4 Å². The summed E-state index contributed by atoms with van der Waals surface area (Å²) in [5, 5.41) is 2.62. The van der Waals surface area contributed by atoms with Gasteiger partial charge in [0.2, 0.25) is 5.91 Å². The molecule has 1 amide bonds. The Balaban J connectivity index is 2.04. The fourth-order valence-electron chi connectivity index (χ4n) is 1.81. The minimum atomic E-state index is 0.0486. The Hall–Kier alpha value is -0.610. The van der Waals surface area contributed by atoms with E-state index in [4.69, 9.17) is 5.73 Å². The Kier molecular flexibility index (Phi) is 3.89. The van der Waals surface area contributed by atoms with Gasteiger partial charge in [0.15, 0.2) is 0 Å². The van der Waals surface area contributed by atoms with Crippen molar-refractivity contribution in [3.8, 4) is 0 Å². The Bertz CT molecular complexity index is 200. The van der Waals surface area contributed by atoms with Gasteiger partial charge in [0.25, 0.3) is 0 Å². The summed E-state index contributed by atoms with van der Waals surface area (Å²) >= 11 is 0. The number of nitrogens with two attached hydrogens (primary N) is 1. The van der Waals surface area contributed by atoms with Gasteiger partial charge in [-0.1, -0.05) is 6.92 Å². The molecule has 0 aliphatic carbocycles. The molecule has 82 valence electrons. The van der Waals surface area contributed by atoms with E-state index < -0.39 is 0 Å². The first-order chi connectivity index (χ1) is 6.59. The number of likely N-dealkylation sites (tertiary alicyclic amines) is 1. The van der Waals surface area contributed by atoms with E-state index in [2.05, 4.69) is 17.1 Å². The van der Waals surface area contributed by atoms with Crippen LogP contribution in [0.15, 0.2) is 0 Å². The van der Waals surface area contributed by atoms with Gasteiger partial charge < -0.3 is 11.1 Å². The molecule has 3 N–H and O–H groups in total. The van der Waals surface area contributed by atoms with Gasteiger partial charge in [-0.15, -0.1) is 0 Å². The molecule has 1 aliphatic heterocycles. The summed E-state index contributed by atoms with van der Waals surface area (Å²) in [4.78, 5) is 13.2. The fraction of sp³-hybridized carbons (Fsp3) is 0.900. The van der Waals surface area contributed by atoms with Gasteiger partial charge in [-0.3, -0.25) is 9.69 Å². The van der Waals surface area contributed by atoms with E-state index in [1.165, 1.54) is 0 Å². The number of carbonyl (C=O) groups excluding carboxylic acids is 1. The van der Waals surface area contributed by atoms with Crippen molar-refractivity contribution in [2.75, 3.05) is 26.7 Å². The molecule has 4 nitrogen and oxygen atoms in total. The third-order valence-electron chi connectivity index (χ3n) is 2.94. The lowest BCUT2D eigenvalue weighted by Gasteiger charge is -2.47. The molecule has 1 heterocycles. The number of nitrogens with one attached hydrogen (secondary N) is 1. The second-order valence-electron chi connectivity index (χ2n) is 4.20. The average molecular weight is 199 g/mol. The van der Waals surface area contributed by atoms with Crippen LogP contribution in [0.3, 0.4) is 0 Å².